The Kier molecular flexibility index (Phi) is 5.45. The highest BCUT2D eigenvalue weighted by atomic mass is 32.2. The number of rotatable bonds is 5. The predicted octanol–water partition coefficient (Wildman–Crippen LogP) is 3.56. The third kappa shape index (κ3) is 3.95. The summed E-state index contributed by atoms with van der Waals surface area (Å²) in [7, 11) is 0. The number of nitrogens with one attached hydrogen (secondary N) is 1. The Balaban J connectivity index is 1.75. The van der Waals surface area contributed by atoms with Gasteiger partial charge in [0.1, 0.15) is 0 Å². The smallest absolute Gasteiger partial charge is 0.157 e. The second kappa shape index (κ2) is 7.10. The van der Waals surface area contributed by atoms with E-state index in [0.29, 0.717) is 5.25 Å². The van der Waals surface area contributed by atoms with Crippen molar-refractivity contribution in [3.05, 3.63) is 35.9 Å². The molecule has 0 aromatic heterocycles. The van der Waals surface area contributed by atoms with E-state index in [1.807, 2.05) is 23.5 Å². The molecule has 0 saturated carbocycles. The second-order valence-corrected chi connectivity index (χ2v) is 6.89. The first kappa shape index (κ1) is 13.8. The highest BCUT2D eigenvalue weighted by Gasteiger charge is 2.20. The fourth-order valence-electron chi connectivity index (χ4n) is 1.81. The predicted molar refractivity (Wildman–Crippen MR) is 84.7 cm³/mol. The van der Waals surface area contributed by atoms with Gasteiger partial charge in [0.25, 0.3) is 0 Å². The fraction of sp³-hybridized carbons (Fsp3) is 0.500. The van der Waals surface area contributed by atoms with Gasteiger partial charge in [0.2, 0.25) is 0 Å². The van der Waals surface area contributed by atoms with Crippen molar-refractivity contribution in [2.45, 2.75) is 23.8 Å². The molecule has 1 N–H and O–H groups in total. The Morgan fingerprint density at radius 3 is 2.94 bits per heavy atom. The van der Waals surface area contributed by atoms with Gasteiger partial charge in [0.05, 0.1) is 11.8 Å². The highest BCUT2D eigenvalue weighted by Crippen LogP contribution is 2.34. The van der Waals surface area contributed by atoms with E-state index in [1.165, 1.54) is 12.0 Å². The van der Waals surface area contributed by atoms with Crippen LogP contribution < -0.4 is 5.32 Å². The van der Waals surface area contributed by atoms with Crippen LogP contribution >= 0.6 is 23.5 Å². The Bertz CT molecular complexity index is 392. The van der Waals surface area contributed by atoms with Crippen molar-refractivity contribution >= 4 is 28.7 Å². The Morgan fingerprint density at radius 2 is 2.22 bits per heavy atom. The Hall–Kier alpha value is -0.610. The average molecular weight is 280 g/mol. The summed E-state index contributed by atoms with van der Waals surface area (Å²) in [5, 5.41) is 5.76. The maximum Gasteiger partial charge on any atom is 0.157 e. The summed E-state index contributed by atoms with van der Waals surface area (Å²) in [6, 6.07) is 10.6. The van der Waals surface area contributed by atoms with Gasteiger partial charge in [-0.1, -0.05) is 49.0 Å². The molecule has 4 heteroatoms. The molecule has 98 valence electrons. The molecule has 0 bridgehead atoms. The number of thioether (sulfide) groups is 2. The minimum absolute atomic E-state index is 0.492. The summed E-state index contributed by atoms with van der Waals surface area (Å²) in [5.74, 6) is 0. The van der Waals surface area contributed by atoms with Gasteiger partial charge in [-0.05, 0) is 18.2 Å². The van der Waals surface area contributed by atoms with Gasteiger partial charge in [-0.25, -0.2) is 0 Å². The van der Waals surface area contributed by atoms with Crippen LogP contribution in [0.25, 0.3) is 0 Å². The normalized spacial score (nSPS) is 20.6. The van der Waals surface area contributed by atoms with E-state index >= 15 is 0 Å². The monoisotopic (exact) mass is 280 g/mol. The summed E-state index contributed by atoms with van der Waals surface area (Å²) in [6.07, 6.45) is 3.36. The topological polar surface area (TPSA) is 24.4 Å². The molecule has 1 aromatic rings. The molecule has 1 heterocycles. The molecule has 1 aliphatic heterocycles. The van der Waals surface area contributed by atoms with Crippen LogP contribution in [0.4, 0.5) is 0 Å². The quantitative estimate of drug-likeness (QED) is 0.892. The van der Waals surface area contributed by atoms with Crippen molar-refractivity contribution in [3.63, 3.8) is 0 Å². The average Bonchev–Trinajstić information content (AvgIpc) is 2.88. The number of aliphatic imine (C=N–C) groups is 1. The van der Waals surface area contributed by atoms with Crippen LogP contribution in [0.3, 0.4) is 0 Å². The summed E-state index contributed by atoms with van der Waals surface area (Å²) in [6.45, 7) is 4.19. The molecular weight excluding hydrogens is 260 g/mol. The van der Waals surface area contributed by atoms with Crippen LogP contribution in [-0.4, -0.2) is 29.8 Å². The van der Waals surface area contributed by atoms with Crippen molar-refractivity contribution in [2.24, 2.45) is 4.99 Å². The van der Waals surface area contributed by atoms with E-state index in [-0.39, 0.29) is 0 Å². The first-order chi connectivity index (χ1) is 8.79. The molecular formula is C14H20N2S2. The lowest BCUT2D eigenvalue weighted by atomic mass is 10.1. The van der Waals surface area contributed by atoms with Crippen molar-refractivity contribution in [1.29, 1.82) is 0 Å². The number of hydrogen-bond acceptors (Lipinski definition) is 4. The number of benzene rings is 1. The highest BCUT2D eigenvalue weighted by molar-refractivity contribution is 8.14. The molecule has 1 aliphatic rings. The fourth-order valence-corrected chi connectivity index (χ4v) is 3.21. The minimum atomic E-state index is 0.492. The molecule has 1 aromatic carbocycles. The Morgan fingerprint density at radius 1 is 1.44 bits per heavy atom. The number of amidine groups is 1. The third-order valence-electron chi connectivity index (χ3n) is 3.06. The molecule has 0 spiro atoms. The molecule has 18 heavy (non-hydrogen) atoms. The molecule has 0 radical (unpaired) electrons. The lowest BCUT2D eigenvalue weighted by Crippen LogP contribution is -2.22. The van der Waals surface area contributed by atoms with E-state index in [0.717, 1.165) is 23.5 Å². The van der Waals surface area contributed by atoms with Gasteiger partial charge in [-0.3, -0.25) is 4.99 Å². The van der Waals surface area contributed by atoms with Crippen molar-refractivity contribution in [1.82, 2.24) is 5.32 Å². The zero-order chi connectivity index (χ0) is 12.8. The van der Waals surface area contributed by atoms with Crippen LogP contribution in [0, 0.1) is 0 Å². The summed E-state index contributed by atoms with van der Waals surface area (Å²) < 4.78 is 0. The van der Waals surface area contributed by atoms with E-state index in [2.05, 4.69) is 53.8 Å². The van der Waals surface area contributed by atoms with Crippen molar-refractivity contribution < 1.29 is 0 Å². The van der Waals surface area contributed by atoms with Crippen LogP contribution in [0.15, 0.2) is 35.3 Å². The van der Waals surface area contributed by atoms with E-state index in [1.54, 1.807) is 0 Å². The van der Waals surface area contributed by atoms with Gasteiger partial charge in [-0.15, -0.1) is 0 Å². The van der Waals surface area contributed by atoms with Gasteiger partial charge >= 0.3 is 0 Å². The van der Waals surface area contributed by atoms with Crippen LogP contribution in [0.2, 0.25) is 0 Å². The van der Waals surface area contributed by atoms with E-state index in [4.69, 9.17) is 0 Å². The van der Waals surface area contributed by atoms with Crippen molar-refractivity contribution in [3.8, 4) is 0 Å². The SMILES string of the molecule is CSC(C)CCNC1=NCC(c2ccccc2)S1. The lowest BCUT2D eigenvalue weighted by Gasteiger charge is -2.11. The molecule has 2 atom stereocenters. The third-order valence-corrected chi connectivity index (χ3v) is 5.30. The number of nitrogens with zero attached hydrogens (tertiary/aromatic N) is 1. The molecule has 2 nitrogen and oxygen atoms in total. The summed E-state index contributed by atoms with van der Waals surface area (Å²) >= 11 is 3.77. The number of hydrogen-bond donors (Lipinski definition) is 1. The molecule has 2 rings (SSSR count). The van der Waals surface area contributed by atoms with Gasteiger partial charge in [0, 0.05) is 11.8 Å². The van der Waals surface area contributed by atoms with E-state index in [9.17, 15) is 0 Å². The first-order valence-electron chi connectivity index (χ1n) is 6.32. The summed E-state index contributed by atoms with van der Waals surface area (Å²) in [4.78, 5) is 4.58. The van der Waals surface area contributed by atoms with Crippen LogP contribution in [0.5, 0.6) is 0 Å². The van der Waals surface area contributed by atoms with Crippen LogP contribution in [0.1, 0.15) is 24.2 Å². The second-order valence-electron chi connectivity index (χ2n) is 4.42. The zero-order valence-corrected chi connectivity index (χ0v) is 12.6. The maximum absolute atomic E-state index is 4.58. The molecule has 0 saturated heterocycles. The molecule has 0 amide bonds. The molecule has 2 unspecified atom stereocenters. The van der Waals surface area contributed by atoms with Gasteiger partial charge in [-0.2, -0.15) is 11.8 Å². The van der Waals surface area contributed by atoms with Crippen LogP contribution in [-0.2, 0) is 0 Å². The summed E-state index contributed by atoms with van der Waals surface area (Å²) in [5.41, 5.74) is 1.38. The minimum Gasteiger partial charge on any atom is -0.365 e. The maximum atomic E-state index is 4.58. The van der Waals surface area contributed by atoms with Gasteiger partial charge in [0.15, 0.2) is 5.17 Å². The molecule has 0 fully saturated rings. The van der Waals surface area contributed by atoms with E-state index < -0.39 is 0 Å². The zero-order valence-electron chi connectivity index (χ0n) is 10.9. The largest absolute Gasteiger partial charge is 0.365 e. The molecule has 0 aliphatic carbocycles. The Labute approximate surface area is 118 Å². The van der Waals surface area contributed by atoms with Crippen molar-refractivity contribution in [2.75, 3.05) is 19.3 Å². The standard InChI is InChI=1S/C14H20N2S2/c1-11(17-2)8-9-15-14-16-10-13(18-14)12-6-4-3-5-7-12/h3-7,11,13H,8-10H2,1-2H3,(H,15,16). The lowest BCUT2D eigenvalue weighted by molar-refractivity contribution is 0.772. The van der Waals surface area contributed by atoms with Gasteiger partial charge < -0.3 is 5.32 Å². The first-order valence-corrected chi connectivity index (χ1v) is 8.49.